The fourth-order valence-corrected chi connectivity index (χ4v) is 3.38. The molecule has 1 aliphatic carbocycles. The quantitative estimate of drug-likeness (QED) is 0.916. The number of hydrogen-bond acceptors (Lipinski definition) is 3. The van der Waals surface area contributed by atoms with Gasteiger partial charge in [-0.3, -0.25) is 14.4 Å². The monoisotopic (exact) mass is 330 g/mol. The highest BCUT2D eigenvalue weighted by molar-refractivity contribution is 6.05. The normalized spacial score (nSPS) is 23.2. The van der Waals surface area contributed by atoms with Gasteiger partial charge in [-0.2, -0.15) is 0 Å². The molecule has 0 aromatic heterocycles. The lowest BCUT2D eigenvalue weighted by molar-refractivity contribution is -0.142. The van der Waals surface area contributed by atoms with Crippen molar-refractivity contribution in [2.24, 2.45) is 11.8 Å². The number of carboxylic acids is 1. The summed E-state index contributed by atoms with van der Waals surface area (Å²) in [5, 5.41) is 9.25. The predicted molar refractivity (Wildman–Crippen MR) is 88.8 cm³/mol. The van der Waals surface area contributed by atoms with Crippen molar-refractivity contribution < 1.29 is 19.5 Å². The van der Waals surface area contributed by atoms with Crippen molar-refractivity contribution in [1.82, 2.24) is 4.90 Å². The molecule has 6 nitrogen and oxygen atoms in total. The zero-order valence-corrected chi connectivity index (χ0v) is 13.9. The van der Waals surface area contributed by atoms with Crippen molar-refractivity contribution in [2.75, 3.05) is 18.5 Å². The van der Waals surface area contributed by atoms with Crippen molar-refractivity contribution in [3.63, 3.8) is 0 Å². The molecule has 0 spiro atoms. The molecule has 0 bridgehead atoms. The van der Waals surface area contributed by atoms with E-state index in [1.807, 2.05) is 0 Å². The first-order valence-corrected chi connectivity index (χ1v) is 8.32. The van der Waals surface area contributed by atoms with Crippen LogP contribution in [0, 0.1) is 11.8 Å². The first-order chi connectivity index (χ1) is 11.4. The van der Waals surface area contributed by atoms with Gasteiger partial charge in [0.05, 0.1) is 17.2 Å². The van der Waals surface area contributed by atoms with Gasteiger partial charge < -0.3 is 14.9 Å². The number of anilines is 1. The van der Waals surface area contributed by atoms with Crippen LogP contribution in [0.25, 0.3) is 0 Å². The summed E-state index contributed by atoms with van der Waals surface area (Å²) < 4.78 is 0. The van der Waals surface area contributed by atoms with E-state index in [0.29, 0.717) is 24.2 Å². The molecule has 2 unspecified atom stereocenters. The van der Waals surface area contributed by atoms with E-state index in [2.05, 4.69) is 0 Å². The minimum atomic E-state index is -0.868. The molecule has 128 valence electrons. The third-order valence-electron chi connectivity index (χ3n) is 5.09. The van der Waals surface area contributed by atoms with E-state index < -0.39 is 11.9 Å². The van der Waals surface area contributed by atoms with Crippen LogP contribution in [0.2, 0.25) is 0 Å². The largest absolute Gasteiger partial charge is 0.481 e. The Kier molecular flexibility index (Phi) is 4.30. The molecular weight excluding hydrogens is 308 g/mol. The predicted octanol–water partition coefficient (Wildman–Crippen LogP) is 1.99. The molecule has 1 saturated carbocycles. The average molecular weight is 330 g/mol. The summed E-state index contributed by atoms with van der Waals surface area (Å²) in [6, 6.07) is 6.68. The minimum absolute atomic E-state index is 0.0353. The van der Waals surface area contributed by atoms with Crippen molar-refractivity contribution in [3.05, 3.63) is 29.8 Å². The molecule has 2 amide bonds. The van der Waals surface area contributed by atoms with Crippen LogP contribution < -0.4 is 4.90 Å². The van der Waals surface area contributed by atoms with Crippen molar-refractivity contribution in [2.45, 2.75) is 32.2 Å². The number of benzene rings is 1. The maximum Gasteiger partial charge on any atom is 0.308 e. The number of likely N-dealkylation sites (tertiary alicyclic amines) is 1. The molecule has 1 aromatic carbocycles. The van der Waals surface area contributed by atoms with Crippen LogP contribution >= 0.6 is 0 Å². The van der Waals surface area contributed by atoms with E-state index in [0.717, 1.165) is 12.8 Å². The molecule has 6 heteroatoms. The van der Waals surface area contributed by atoms with Crippen molar-refractivity contribution in [3.8, 4) is 0 Å². The molecule has 24 heavy (non-hydrogen) atoms. The lowest BCUT2D eigenvalue weighted by atomic mass is 10.0. The summed E-state index contributed by atoms with van der Waals surface area (Å²) in [5.74, 6) is -1.51. The zero-order valence-electron chi connectivity index (χ0n) is 13.9. The summed E-state index contributed by atoms with van der Waals surface area (Å²) in [6.07, 6.45) is 2.27. The smallest absolute Gasteiger partial charge is 0.308 e. The fourth-order valence-electron chi connectivity index (χ4n) is 3.38. The maximum absolute atomic E-state index is 13.0. The Morgan fingerprint density at radius 2 is 1.83 bits per heavy atom. The average Bonchev–Trinajstić information content (AvgIpc) is 3.35. The van der Waals surface area contributed by atoms with Crippen LogP contribution in [0.5, 0.6) is 0 Å². The van der Waals surface area contributed by atoms with E-state index in [-0.39, 0.29) is 23.8 Å². The first kappa shape index (κ1) is 16.5. The van der Waals surface area contributed by atoms with Gasteiger partial charge in [-0.05, 0) is 38.3 Å². The van der Waals surface area contributed by atoms with Gasteiger partial charge in [0.25, 0.3) is 5.91 Å². The van der Waals surface area contributed by atoms with Gasteiger partial charge in [-0.25, -0.2) is 0 Å². The van der Waals surface area contributed by atoms with Crippen molar-refractivity contribution >= 4 is 23.5 Å². The molecule has 1 aliphatic heterocycles. The highest BCUT2D eigenvalue weighted by atomic mass is 16.4. The van der Waals surface area contributed by atoms with E-state index >= 15 is 0 Å². The molecule has 1 aromatic rings. The highest BCUT2D eigenvalue weighted by Crippen LogP contribution is 2.34. The molecular formula is C18H22N2O4. The van der Waals surface area contributed by atoms with Crippen LogP contribution in [0.1, 0.15) is 36.5 Å². The van der Waals surface area contributed by atoms with Gasteiger partial charge in [0.2, 0.25) is 5.91 Å². The van der Waals surface area contributed by atoms with E-state index in [1.165, 1.54) is 0 Å². The summed E-state index contributed by atoms with van der Waals surface area (Å²) >= 11 is 0. The van der Waals surface area contributed by atoms with Gasteiger partial charge in [-0.15, -0.1) is 0 Å². The Bertz CT molecular complexity index is 683. The Labute approximate surface area is 141 Å². The van der Waals surface area contributed by atoms with Gasteiger partial charge in [-0.1, -0.05) is 12.1 Å². The highest BCUT2D eigenvalue weighted by Gasteiger charge is 2.39. The summed E-state index contributed by atoms with van der Waals surface area (Å²) in [7, 11) is 1.69. The number of rotatable bonds is 4. The Hall–Kier alpha value is -2.37. The topological polar surface area (TPSA) is 77.9 Å². The number of hydrogen-bond donors (Lipinski definition) is 1. The lowest BCUT2D eigenvalue weighted by Crippen LogP contribution is -2.39. The molecule has 2 atom stereocenters. The first-order valence-electron chi connectivity index (χ1n) is 8.32. The Balaban J connectivity index is 1.85. The molecule has 0 radical (unpaired) electrons. The molecule has 3 rings (SSSR count). The van der Waals surface area contributed by atoms with Gasteiger partial charge >= 0.3 is 5.97 Å². The SMILES string of the molecule is CC1C(C(=O)O)CCN1C(=O)c1ccccc1N(C)C(=O)C1CC1. The van der Waals surface area contributed by atoms with Crippen LogP contribution in [-0.2, 0) is 9.59 Å². The molecule has 2 fully saturated rings. The number of carboxylic acid groups (broad SMARTS) is 1. The summed E-state index contributed by atoms with van der Waals surface area (Å²) in [4.78, 5) is 39.7. The van der Waals surface area contributed by atoms with E-state index in [4.69, 9.17) is 0 Å². The van der Waals surface area contributed by atoms with Crippen LogP contribution in [0.15, 0.2) is 24.3 Å². The number of carbonyl (C=O) groups is 3. The van der Waals surface area contributed by atoms with Gasteiger partial charge in [0.1, 0.15) is 0 Å². The summed E-state index contributed by atoms with van der Waals surface area (Å²) in [6.45, 7) is 2.19. The summed E-state index contributed by atoms with van der Waals surface area (Å²) in [5.41, 5.74) is 1.04. The molecule has 1 N–H and O–H groups in total. The third kappa shape index (κ3) is 2.88. The number of para-hydroxylation sites is 1. The van der Waals surface area contributed by atoms with E-state index in [1.54, 1.807) is 48.0 Å². The van der Waals surface area contributed by atoms with Gasteiger partial charge in [0, 0.05) is 25.6 Å². The second-order valence-electron chi connectivity index (χ2n) is 6.66. The van der Waals surface area contributed by atoms with Crippen LogP contribution in [0.3, 0.4) is 0 Å². The number of carbonyl (C=O) groups excluding carboxylic acids is 2. The van der Waals surface area contributed by atoms with Crippen LogP contribution in [-0.4, -0.2) is 47.4 Å². The maximum atomic E-state index is 13.0. The Morgan fingerprint density at radius 3 is 2.42 bits per heavy atom. The number of aliphatic carboxylic acids is 1. The zero-order chi connectivity index (χ0) is 17.4. The third-order valence-corrected chi connectivity index (χ3v) is 5.09. The van der Waals surface area contributed by atoms with E-state index in [9.17, 15) is 19.5 Å². The minimum Gasteiger partial charge on any atom is -0.481 e. The van der Waals surface area contributed by atoms with Crippen LogP contribution in [0.4, 0.5) is 5.69 Å². The molecule has 1 heterocycles. The van der Waals surface area contributed by atoms with Crippen molar-refractivity contribution in [1.29, 1.82) is 0 Å². The lowest BCUT2D eigenvalue weighted by Gasteiger charge is -2.26. The second-order valence-corrected chi connectivity index (χ2v) is 6.66. The number of nitrogens with zero attached hydrogens (tertiary/aromatic N) is 2. The van der Waals surface area contributed by atoms with Gasteiger partial charge in [0.15, 0.2) is 0 Å². The fraction of sp³-hybridized carbons (Fsp3) is 0.500. The second kappa shape index (κ2) is 6.26. The molecule has 2 aliphatic rings. The number of amides is 2. The molecule has 1 saturated heterocycles. The standard InChI is InChI=1S/C18H22N2O4/c1-11-13(18(23)24)9-10-20(11)17(22)14-5-3-4-6-15(14)19(2)16(21)12-7-8-12/h3-6,11-13H,7-10H2,1-2H3,(H,23,24). The Morgan fingerprint density at radius 1 is 1.17 bits per heavy atom.